The van der Waals surface area contributed by atoms with Gasteiger partial charge in [0.15, 0.2) is 0 Å². The summed E-state index contributed by atoms with van der Waals surface area (Å²) < 4.78 is 5.24. The van der Waals surface area contributed by atoms with E-state index in [-0.39, 0.29) is 25.0 Å². The van der Waals surface area contributed by atoms with Crippen molar-refractivity contribution in [3.05, 3.63) is 29.8 Å². The van der Waals surface area contributed by atoms with Crippen molar-refractivity contribution in [3.8, 4) is 0 Å². The smallest absolute Gasteiger partial charge is 0.329 e. The third-order valence-electron chi connectivity index (χ3n) is 3.87. The third-order valence-corrected chi connectivity index (χ3v) is 3.87. The highest BCUT2D eigenvalue weighted by molar-refractivity contribution is 6.12. The fraction of sp³-hybridized carbons (Fsp3) is 0.400. The zero-order valence-corrected chi connectivity index (χ0v) is 12.3. The van der Waals surface area contributed by atoms with Crippen LogP contribution in [-0.2, 0) is 9.53 Å². The van der Waals surface area contributed by atoms with Gasteiger partial charge >= 0.3 is 6.03 Å². The van der Waals surface area contributed by atoms with Gasteiger partial charge in [-0.25, -0.2) is 4.79 Å². The van der Waals surface area contributed by atoms with Crippen LogP contribution < -0.4 is 15.5 Å². The molecule has 4 amide bonds. The molecule has 2 fully saturated rings. The molecule has 1 aromatic carbocycles. The van der Waals surface area contributed by atoms with Crippen molar-refractivity contribution in [2.75, 3.05) is 24.7 Å². The zero-order chi connectivity index (χ0) is 16.4. The molecule has 2 atom stereocenters. The van der Waals surface area contributed by atoms with Gasteiger partial charge in [-0.1, -0.05) is 0 Å². The van der Waals surface area contributed by atoms with Gasteiger partial charge in [0.1, 0.15) is 6.54 Å². The Kier molecular flexibility index (Phi) is 4.26. The first-order chi connectivity index (χ1) is 11.0. The normalized spacial score (nSPS) is 24.5. The van der Waals surface area contributed by atoms with E-state index in [1.807, 2.05) is 0 Å². The molecule has 2 heterocycles. The highest BCUT2D eigenvalue weighted by Gasteiger charge is 2.28. The fourth-order valence-electron chi connectivity index (χ4n) is 2.56. The maximum absolute atomic E-state index is 12.2. The van der Waals surface area contributed by atoms with E-state index in [9.17, 15) is 19.5 Å². The second kappa shape index (κ2) is 6.35. The molecule has 122 valence electrons. The summed E-state index contributed by atoms with van der Waals surface area (Å²) in [5.41, 5.74) is 0.934. The summed E-state index contributed by atoms with van der Waals surface area (Å²) in [6.45, 7) is 0.732. The number of aliphatic hydroxyl groups excluding tert-OH is 1. The minimum absolute atomic E-state index is 0.0318. The first-order valence-electron chi connectivity index (χ1n) is 7.32. The van der Waals surface area contributed by atoms with E-state index in [1.54, 1.807) is 24.3 Å². The van der Waals surface area contributed by atoms with Crippen LogP contribution in [0.2, 0.25) is 0 Å². The van der Waals surface area contributed by atoms with Crippen LogP contribution in [0.3, 0.4) is 0 Å². The number of nitrogens with zero attached hydrogens (tertiary/aromatic N) is 1. The first-order valence-corrected chi connectivity index (χ1v) is 7.32. The molecule has 0 unspecified atom stereocenters. The average Bonchev–Trinajstić information content (AvgIpc) is 2.88. The van der Waals surface area contributed by atoms with Gasteiger partial charge in [0, 0.05) is 17.9 Å². The van der Waals surface area contributed by atoms with Crippen molar-refractivity contribution in [2.24, 2.45) is 0 Å². The number of hydrogen-bond donors (Lipinski definition) is 3. The number of imide groups is 1. The van der Waals surface area contributed by atoms with Crippen LogP contribution in [0.15, 0.2) is 24.3 Å². The number of urea groups is 1. The molecule has 3 N–H and O–H groups in total. The number of benzene rings is 1. The SMILES string of the molecule is O=C1CN(c2ccc(C(=O)N[C@@H]3COCC[C@H]3O)cc2)C(=O)N1. The van der Waals surface area contributed by atoms with E-state index in [0.717, 1.165) is 0 Å². The highest BCUT2D eigenvalue weighted by atomic mass is 16.5. The molecule has 0 saturated carbocycles. The molecule has 0 bridgehead atoms. The van der Waals surface area contributed by atoms with E-state index < -0.39 is 18.2 Å². The predicted octanol–water partition coefficient (Wildman–Crippen LogP) is -0.378. The lowest BCUT2D eigenvalue weighted by Crippen LogP contribution is -2.49. The van der Waals surface area contributed by atoms with Crippen LogP contribution in [0.4, 0.5) is 10.5 Å². The van der Waals surface area contributed by atoms with E-state index in [0.29, 0.717) is 24.3 Å². The van der Waals surface area contributed by atoms with Crippen LogP contribution in [0.5, 0.6) is 0 Å². The number of rotatable bonds is 3. The molecular formula is C15H17N3O5. The first kappa shape index (κ1) is 15.4. The summed E-state index contributed by atoms with van der Waals surface area (Å²) in [5.74, 6) is -0.684. The molecule has 0 aliphatic carbocycles. The number of carbonyl (C=O) groups is 3. The number of carbonyl (C=O) groups excluding carboxylic acids is 3. The summed E-state index contributed by atoms with van der Waals surface area (Å²) in [6, 6.07) is 5.42. The molecule has 8 heteroatoms. The van der Waals surface area contributed by atoms with E-state index in [2.05, 4.69) is 10.6 Å². The van der Waals surface area contributed by atoms with Crippen molar-refractivity contribution < 1.29 is 24.2 Å². The molecule has 0 spiro atoms. The topological polar surface area (TPSA) is 108 Å². The largest absolute Gasteiger partial charge is 0.391 e. The van der Waals surface area contributed by atoms with Gasteiger partial charge in [-0.3, -0.25) is 19.8 Å². The van der Waals surface area contributed by atoms with Gasteiger partial charge in [0.05, 0.1) is 18.8 Å². The quantitative estimate of drug-likeness (QED) is 0.658. The van der Waals surface area contributed by atoms with Gasteiger partial charge in [0.25, 0.3) is 5.91 Å². The summed E-state index contributed by atoms with van der Waals surface area (Å²) in [6.07, 6.45) is -0.131. The molecule has 2 aliphatic rings. The van der Waals surface area contributed by atoms with Crippen LogP contribution >= 0.6 is 0 Å². The summed E-state index contributed by atoms with van der Waals surface area (Å²) in [4.78, 5) is 36.2. The zero-order valence-electron chi connectivity index (χ0n) is 12.3. The number of nitrogens with one attached hydrogen (secondary N) is 2. The van der Waals surface area contributed by atoms with E-state index in [1.165, 1.54) is 4.90 Å². The minimum Gasteiger partial charge on any atom is -0.391 e. The van der Waals surface area contributed by atoms with E-state index >= 15 is 0 Å². The minimum atomic E-state index is -0.619. The molecule has 0 radical (unpaired) electrons. The number of ether oxygens (including phenoxy) is 1. The summed E-state index contributed by atoms with van der Waals surface area (Å²) in [5, 5.41) is 14.7. The van der Waals surface area contributed by atoms with Gasteiger partial charge in [-0.2, -0.15) is 0 Å². The molecule has 23 heavy (non-hydrogen) atoms. The average molecular weight is 319 g/mol. The fourth-order valence-corrected chi connectivity index (χ4v) is 2.56. The third kappa shape index (κ3) is 3.33. The van der Waals surface area contributed by atoms with Gasteiger partial charge < -0.3 is 15.2 Å². The Labute approximate surface area is 132 Å². The second-order valence-corrected chi connectivity index (χ2v) is 5.50. The Morgan fingerprint density at radius 2 is 2.04 bits per heavy atom. The molecule has 3 rings (SSSR count). The monoisotopic (exact) mass is 319 g/mol. The van der Waals surface area contributed by atoms with Crippen LogP contribution in [0.25, 0.3) is 0 Å². The lowest BCUT2D eigenvalue weighted by Gasteiger charge is -2.28. The number of aliphatic hydroxyl groups is 1. The molecule has 0 aromatic heterocycles. The Morgan fingerprint density at radius 1 is 1.30 bits per heavy atom. The van der Waals surface area contributed by atoms with Crippen LogP contribution in [-0.4, -0.2) is 54.9 Å². The number of hydrogen-bond acceptors (Lipinski definition) is 5. The lowest BCUT2D eigenvalue weighted by atomic mass is 10.1. The Bertz CT molecular complexity index is 631. The number of anilines is 1. The molecule has 8 nitrogen and oxygen atoms in total. The van der Waals surface area contributed by atoms with Gasteiger partial charge in [-0.15, -0.1) is 0 Å². The van der Waals surface area contributed by atoms with Crippen molar-refractivity contribution in [1.29, 1.82) is 0 Å². The highest BCUT2D eigenvalue weighted by Crippen LogP contribution is 2.18. The Morgan fingerprint density at radius 3 is 2.65 bits per heavy atom. The summed E-state index contributed by atoms with van der Waals surface area (Å²) in [7, 11) is 0. The second-order valence-electron chi connectivity index (χ2n) is 5.50. The predicted molar refractivity (Wildman–Crippen MR) is 80.0 cm³/mol. The van der Waals surface area contributed by atoms with Crippen LogP contribution in [0, 0.1) is 0 Å². The van der Waals surface area contributed by atoms with Crippen LogP contribution in [0.1, 0.15) is 16.8 Å². The molecular weight excluding hydrogens is 302 g/mol. The van der Waals surface area contributed by atoms with E-state index in [4.69, 9.17) is 4.74 Å². The summed E-state index contributed by atoms with van der Waals surface area (Å²) >= 11 is 0. The maximum Gasteiger partial charge on any atom is 0.329 e. The van der Waals surface area contributed by atoms with Gasteiger partial charge in [-0.05, 0) is 30.7 Å². The lowest BCUT2D eigenvalue weighted by molar-refractivity contribution is -0.117. The molecule has 2 saturated heterocycles. The standard InChI is InChI=1S/C15H17N3O5/c19-12-5-6-23-8-11(12)16-14(21)9-1-3-10(4-2-9)18-7-13(20)17-15(18)22/h1-4,11-12,19H,5-8H2,(H,16,21)(H,17,20,22)/t11-,12-/m1/s1. The van der Waals surface area contributed by atoms with Crippen molar-refractivity contribution in [1.82, 2.24) is 10.6 Å². The van der Waals surface area contributed by atoms with Crippen molar-refractivity contribution in [2.45, 2.75) is 18.6 Å². The van der Waals surface area contributed by atoms with Crippen molar-refractivity contribution >= 4 is 23.5 Å². The maximum atomic E-state index is 12.2. The molecule has 2 aliphatic heterocycles. The Hall–Kier alpha value is -2.45. The number of amides is 4. The van der Waals surface area contributed by atoms with Gasteiger partial charge in [0.2, 0.25) is 5.91 Å². The molecule has 1 aromatic rings. The Balaban J connectivity index is 1.66. The van der Waals surface area contributed by atoms with Crippen molar-refractivity contribution in [3.63, 3.8) is 0 Å².